The minimum Gasteiger partial charge on any atom is -0.449 e. The first-order chi connectivity index (χ1) is 11.9. The fourth-order valence-electron chi connectivity index (χ4n) is 2.68. The van der Waals surface area contributed by atoms with E-state index in [1.807, 2.05) is 0 Å². The van der Waals surface area contributed by atoms with E-state index >= 15 is 0 Å². The average Bonchev–Trinajstić information content (AvgIpc) is 2.57. The number of esters is 1. The topological polar surface area (TPSA) is 84.5 Å². The van der Waals surface area contributed by atoms with Crippen molar-refractivity contribution in [2.24, 2.45) is 0 Å². The number of nitrogens with one attached hydrogen (secondary N) is 2. The Balaban J connectivity index is 1.83. The molecule has 1 aliphatic rings. The highest BCUT2D eigenvalue weighted by molar-refractivity contribution is 5.98. The Morgan fingerprint density at radius 3 is 2.52 bits per heavy atom. The van der Waals surface area contributed by atoms with Crippen molar-refractivity contribution >= 4 is 17.9 Å². The summed E-state index contributed by atoms with van der Waals surface area (Å²) >= 11 is 0. The van der Waals surface area contributed by atoms with Crippen molar-refractivity contribution in [1.82, 2.24) is 10.6 Å². The second-order valence-electron chi connectivity index (χ2n) is 6.31. The summed E-state index contributed by atoms with van der Waals surface area (Å²) in [7, 11) is 0. The van der Waals surface area contributed by atoms with Gasteiger partial charge in [-0.2, -0.15) is 0 Å². The van der Waals surface area contributed by atoms with Gasteiger partial charge in [0.1, 0.15) is 5.82 Å². The SMILES string of the molecule is Cc1ccc(C(=O)O[C@@H](C)C(=O)NC(=O)NC2CCCCC2)cc1F. The van der Waals surface area contributed by atoms with Gasteiger partial charge in [0.25, 0.3) is 5.91 Å². The minimum atomic E-state index is -1.17. The molecule has 0 aliphatic heterocycles. The van der Waals surface area contributed by atoms with Crippen LogP contribution in [0.4, 0.5) is 9.18 Å². The number of rotatable bonds is 4. The van der Waals surface area contributed by atoms with Gasteiger partial charge < -0.3 is 10.1 Å². The van der Waals surface area contributed by atoms with Gasteiger partial charge in [0.05, 0.1) is 5.56 Å². The number of carbonyl (C=O) groups is 3. The second-order valence-corrected chi connectivity index (χ2v) is 6.31. The zero-order valence-corrected chi connectivity index (χ0v) is 14.4. The maximum absolute atomic E-state index is 13.5. The van der Waals surface area contributed by atoms with Crippen molar-refractivity contribution in [3.8, 4) is 0 Å². The lowest BCUT2D eigenvalue weighted by atomic mass is 9.96. The monoisotopic (exact) mass is 350 g/mol. The molecule has 7 heteroatoms. The highest BCUT2D eigenvalue weighted by Gasteiger charge is 2.23. The molecule has 0 spiro atoms. The molecule has 1 aliphatic carbocycles. The predicted octanol–water partition coefficient (Wildman–Crippen LogP) is 2.84. The fraction of sp³-hybridized carbons (Fsp3) is 0.500. The number of ether oxygens (including phenoxy) is 1. The van der Waals surface area contributed by atoms with Crippen molar-refractivity contribution in [3.05, 3.63) is 35.1 Å². The average molecular weight is 350 g/mol. The quantitative estimate of drug-likeness (QED) is 0.818. The van der Waals surface area contributed by atoms with Gasteiger partial charge in [0.15, 0.2) is 6.10 Å². The molecule has 2 rings (SSSR count). The molecule has 0 saturated heterocycles. The van der Waals surface area contributed by atoms with Crippen molar-refractivity contribution in [2.75, 3.05) is 0 Å². The first kappa shape index (κ1) is 18.9. The van der Waals surface area contributed by atoms with Crippen molar-refractivity contribution in [3.63, 3.8) is 0 Å². The summed E-state index contributed by atoms with van der Waals surface area (Å²) in [5.74, 6) is -2.08. The Morgan fingerprint density at radius 2 is 1.88 bits per heavy atom. The summed E-state index contributed by atoms with van der Waals surface area (Å²) in [4.78, 5) is 35.7. The Labute approximate surface area is 146 Å². The standard InChI is InChI=1S/C18H23FN2O4/c1-11-8-9-13(10-15(11)19)17(23)25-12(2)16(22)21-18(24)20-14-6-4-3-5-7-14/h8-10,12,14H,3-7H2,1-2H3,(H2,20,21,22,24)/t12-/m0/s1. The summed E-state index contributed by atoms with van der Waals surface area (Å²) < 4.78 is 18.5. The first-order valence-corrected chi connectivity index (χ1v) is 8.45. The van der Waals surface area contributed by atoms with E-state index in [2.05, 4.69) is 10.6 Å². The normalized spacial score (nSPS) is 16.0. The number of benzene rings is 1. The van der Waals surface area contributed by atoms with Crippen LogP contribution in [-0.4, -0.2) is 30.1 Å². The molecule has 1 aromatic carbocycles. The van der Waals surface area contributed by atoms with Gasteiger partial charge in [-0.15, -0.1) is 0 Å². The molecule has 1 saturated carbocycles. The van der Waals surface area contributed by atoms with Gasteiger partial charge in [-0.25, -0.2) is 14.0 Å². The number of hydrogen-bond donors (Lipinski definition) is 2. The number of imide groups is 1. The molecule has 0 aromatic heterocycles. The number of hydrogen-bond acceptors (Lipinski definition) is 4. The molecular formula is C18H23FN2O4. The third kappa shape index (κ3) is 5.55. The molecule has 6 nitrogen and oxygen atoms in total. The van der Waals surface area contributed by atoms with E-state index in [0.717, 1.165) is 38.2 Å². The highest BCUT2D eigenvalue weighted by Crippen LogP contribution is 2.17. The summed E-state index contributed by atoms with van der Waals surface area (Å²) in [6.45, 7) is 2.93. The maximum Gasteiger partial charge on any atom is 0.339 e. The van der Waals surface area contributed by atoms with Gasteiger partial charge in [-0.3, -0.25) is 10.1 Å². The smallest absolute Gasteiger partial charge is 0.339 e. The lowest BCUT2D eigenvalue weighted by Gasteiger charge is -2.23. The molecule has 0 heterocycles. The summed E-state index contributed by atoms with van der Waals surface area (Å²) in [5, 5.41) is 4.91. The number of urea groups is 1. The van der Waals surface area contributed by atoms with Crippen LogP contribution in [0.3, 0.4) is 0 Å². The molecule has 1 aromatic rings. The highest BCUT2D eigenvalue weighted by atomic mass is 19.1. The Kier molecular flexibility index (Phi) is 6.50. The fourth-order valence-corrected chi connectivity index (χ4v) is 2.68. The lowest BCUT2D eigenvalue weighted by molar-refractivity contribution is -0.127. The number of carbonyl (C=O) groups excluding carboxylic acids is 3. The predicted molar refractivity (Wildman–Crippen MR) is 89.6 cm³/mol. The molecule has 0 unspecified atom stereocenters. The summed E-state index contributed by atoms with van der Waals surface area (Å²) in [6.07, 6.45) is 3.88. The Bertz CT molecular complexity index is 656. The minimum absolute atomic E-state index is 0.00871. The molecule has 1 atom stereocenters. The Morgan fingerprint density at radius 1 is 1.20 bits per heavy atom. The van der Waals surface area contributed by atoms with Crippen molar-refractivity contribution < 1.29 is 23.5 Å². The van der Waals surface area contributed by atoms with Gasteiger partial charge in [0.2, 0.25) is 0 Å². The van der Waals surface area contributed by atoms with Crippen LogP contribution in [0.5, 0.6) is 0 Å². The second kappa shape index (κ2) is 8.60. The molecule has 25 heavy (non-hydrogen) atoms. The largest absolute Gasteiger partial charge is 0.449 e. The van der Waals surface area contributed by atoms with Crippen LogP contribution in [0, 0.1) is 12.7 Å². The van der Waals surface area contributed by atoms with Crippen LogP contribution in [0.15, 0.2) is 18.2 Å². The van der Waals surface area contributed by atoms with E-state index in [9.17, 15) is 18.8 Å². The van der Waals surface area contributed by atoms with Crippen molar-refractivity contribution in [1.29, 1.82) is 0 Å². The molecule has 0 radical (unpaired) electrons. The van der Waals surface area contributed by atoms with Crippen LogP contribution in [0.2, 0.25) is 0 Å². The van der Waals surface area contributed by atoms with E-state index in [1.54, 1.807) is 6.92 Å². The van der Waals surface area contributed by atoms with Gasteiger partial charge >= 0.3 is 12.0 Å². The van der Waals surface area contributed by atoms with E-state index in [4.69, 9.17) is 4.74 Å². The van der Waals surface area contributed by atoms with Crippen LogP contribution >= 0.6 is 0 Å². The summed E-state index contributed by atoms with van der Waals surface area (Å²) in [5.41, 5.74) is 0.413. The Hall–Kier alpha value is -2.44. The van der Waals surface area contributed by atoms with E-state index in [0.29, 0.717) is 5.56 Å². The first-order valence-electron chi connectivity index (χ1n) is 8.45. The van der Waals surface area contributed by atoms with Crippen molar-refractivity contribution in [2.45, 2.75) is 58.1 Å². The van der Waals surface area contributed by atoms with E-state index < -0.39 is 29.8 Å². The molecule has 2 N–H and O–H groups in total. The number of aryl methyl sites for hydroxylation is 1. The third-order valence-corrected chi connectivity index (χ3v) is 4.24. The molecule has 3 amide bonds. The third-order valence-electron chi connectivity index (χ3n) is 4.24. The molecule has 1 fully saturated rings. The van der Waals surface area contributed by atoms with Gasteiger partial charge in [-0.1, -0.05) is 25.3 Å². The lowest BCUT2D eigenvalue weighted by Crippen LogP contribution is -2.48. The van der Waals surface area contributed by atoms with E-state index in [1.165, 1.54) is 19.1 Å². The van der Waals surface area contributed by atoms with Gasteiger partial charge in [0, 0.05) is 6.04 Å². The number of halogens is 1. The van der Waals surface area contributed by atoms with E-state index in [-0.39, 0.29) is 11.6 Å². The van der Waals surface area contributed by atoms with Crippen LogP contribution in [0.1, 0.15) is 54.9 Å². The zero-order chi connectivity index (χ0) is 18.4. The number of amides is 3. The molecule has 136 valence electrons. The summed E-state index contributed by atoms with van der Waals surface area (Å²) in [6, 6.07) is 3.39. The molecular weight excluding hydrogens is 327 g/mol. The van der Waals surface area contributed by atoms with Crippen LogP contribution in [-0.2, 0) is 9.53 Å². The molecule has 0 bridgehead atoms. The van der Waals surface area contributed by atoms with Crippen LogP contribution in [0.25, 0.3) is 0 Å². The van der Waals surface area contributed by atoms with Gasteiger partial charge in [-0.05, 0) is 44.4 Å². The zero-order valence-electron chi connectivity index (χ0n) is 14.4. The van der Waals surface area contributed by atoms with Crippen LogP contribution < -0.4 is 10.6 Å². The maximum atomic E-state index is 13.5.